The highest BCUT2D eigenvalue weighted by molar-refractivity contribution is 6.10. The van der Waals surface area contributed by atoms with Gasteiger partial charge in [0.2, 0.25) is 0 Å². The number of aryl methyl sites for hydroxylation is 1. The van der Waals surface area contributed by atoms with Crippen LogP contribution in [0.15, 0.2) is 146 Å². The first kappa shape index (κ1) is 31.0. The number of halogens is 3. The predicted molar refractivity (Wildman–Crippen MR) is 205 cm³/mol. The van der Waals surface area contributed by atoms with Crippen LogP contribution in [0.4, 0.5) is 35.9 Å². The largest absolute Gasteiger partial charge is 0.416 e. The molecule has 3 aliphatic rings. The Morgan fingerprint density at radius 3 is 1.87 bits per heavy atom. The number of alkyl halides is 3. The van der Waals surface area contributed by atoms with Gasteiger partial charge < -0.3 is 9.80 Å². The molecule has 0 radical (unpaired) electrons. The van der Waals surface area contributed by atoms with Crippen molar-refractivity contribution in [1.29, 1.82) is 0 Å². The fraction of sp³-hybridized carbons (Fsp3) is 0.149. The van der Waals surface area contributed by atoms with E-state index in [1.165, 1.54) is 78.8 Å². The Bertz CT molecular complexity index is 2500. The fourth-order valence-electron chi connectivity index (χ4n) is 9.33. The highest BCUT2D eigenvalue weighted by atomic mass is 19.4. The summed E-state index contributed by atoms with van der Waals surface area (Å²) < 4.78 is 41.0. The van der Waals surface area contributed by atoms with Gasteiger partial charge in [-0.2, -0.15) is 13.2 Å². The van der Waals surface area contributed by atoms with Crippen molar-refractivity contribution in [3.8, 4) is 11.1 Å². The van der Waals surface area contributed by atoms with E-state index in [4.69, 9.17) is 0 Å². The number of nitrogens with zero attached hydrogens (tertiary/aromatic N) is 2. The van der Waals surface area contributed by atoms with Crippen molar-refractivity contribution in [2.45, 2.75) is 31.4 Å². The number of fused-ring (bicyclic) bond motifs is 7. The Morgan fingerprint density at radius 1 is 0.538 bits per heavy atom. The van der Waals surface area contributed by atoms with E-state index in [1.54, 1.807) is 6.07 Å². The Morgan fingerprint density at radius 2 is 1.15 bits per heavy atom. The van der Waals surface area contributed by atoms with Crippen LogP contribution in [-0.2, 0) is 24.4 Å². The third-order valence-corrected chi connectivity index (χ3v) is 11.6. The molecule has 254 valence electrons. The summed E-state index contributed by atoms with van der Waals surface area (Å²) in [6.45, 7) is 3.69. The Hall–Kier alpha value is -5.81. The van der Waals surface area contributed by atoms with Crippen molar-refractivity contribution in [2.24, 2.45) is 0 Å². The monoisotopic (exact) mass is 684 g/mol. The van der Waals surface area contributed by atoms with E-state index in [2.05, 4.69) is 144 Å². The first-order chi connectivity index (χ1) is 25.3. The second-order valence-electron chi connectivity index (χ2n) is 14.4. The summed E-state index contributed by atoms with van der Waals surface area (Å²) in [7, 11) is 0. The molecule has 0 amide bonds. The van der Waals surface area contributed by atoms with Crippen molar-refractivity contribution < 1.29 is 13.2 Å². The van der Waals surface area contributed by atoms with Crippen molar-refractivity contribution in [3.63, 3.8) is 0 Å². The molecule has 0 unspecified atom stereocenters. The second kappa shape index (κ2) is 11.3. The van der Waals surface area contributed by atoms with Crippen LogP contribution in [0.1, 0.15) is 44.5 Å². The van der Waals surface area contributed by atoms with E-state index in [0.717, 1.165) is 29.9 Å². The van der Waals surface area contributed by atoms with Crippen molar-refractivity contribution in [1.82, 2.24) is 0 Å². The van der Waals surface area contributed by atoms with Gasteiger partial charge in [0.05, 0.1) is 11.0 Å². The lowest BCUT2D eigenvalue weighted by atomic mass is 9.67. The predicted octanol–water partition coefficient (Wildman–Crippen LogP) is 11.9. The zero-order valence-electron chi connectivity index (χ0n) is 28.7. The van der Waals surface area contributed by atoms with Gasteiger partial charge in [0, 0.05) is 41.2 Å². The summed E-state index contributed by atoms with van der Waals surface area (Å²) >= 11 is 0. The van der Waals surface area contributed by atoms with Gasteiger partial charge in [-0.3, -0.25) is 0 Å². The molecular formula is C47H35F3N2. The molecule has 0 aromatic heterocycles. The van der Waals surface area contributed by atoms with E-state index in [0.29, 0.717) is 13.0 Å². The van der Waals surface area contributed by atoms with Crippen molar-refractivity contribution >= 4 is 33.5 Å². The molecule has 5 heteroatoms. The smallest absolute Gasteiger partial charge is 0.341 e. The number of anilines is 4. The Kier molecular flexibility index (Phi) is 6.76. The molecule has 1 aliphatic carbocycles. The minimum Gasteiger partial charge on any atom is -0.341 e. The van der Waals surface area contributed by atoms with Gasteiger partial charge in [-0.15, -0.1) is 0 Å². The highest BCUT2D eigenvalue weighted by Crippen LogP contribution is 2.60. The maximum atomic E-state index is 13.7. The van der Waals surface area contributed by atoms with Crippen LogP contribution in [0.3, 0.4) is 0 Å². The number of rotatable bonds is 4. The van der Waals surface area contributed by atoms with Crippen molar-refractivity contribution in [2.75, 3.05) is 22.9 Å². The van der Waals surface area contributed by atoms with Gasteiger partial charge in [-0.05, 0) is 112 Å². The summed E-state index contributed by atoms with van der Waals surface area (Å²) in [5.74, 6) is 0. The topological polar surface area (TPSA) is 6.48 Å². The first-order valence-corrected chi connectivity index (χ1v) is 18.0. The Balaban J connectivity index is 1.26. The summed E-state index contributed by atoms with van der Waals surface area (Å²) in [6, 6.07) is 50.5. The lowest BCUT2D eigenvalue weighted by molar-refractivity contribution is -0.137. The van der Waals surface area contributed by atoms with E-state index >= 15 is 0 Å². The average molecular weight is 685 g/mol. The molecular weight excluding hydrogens is 650 g/mol. The highest BCUT2D eigenvalue weighted by Gasteiger charge is 2.48. The Labute approximate surface area is 301 Å². The maximum Gasteiger partial charge on any atom is 0.416 e. The normalized spacial score (nSPS) is 15.5. The number of hydrogen-bond acceptors (Lipinski definition) is 2. The second-order valence-corrected chi connectivity index (χ2v) is 14.4. The van der Waals surface area contributed by atoms with Crippen LogP contribution >= 0.6 is 0 Å². The van der Waals surface area contributed by atoms with Gasteiger partial charge in [-0.1, -0.05) is 109 Å². The molecule has 0 fully saturated rings. The molecule has 0 saturated heterocycles. The van der Waals surface area contributed by atoms with E-state index in [1.807, 2.05) is 0 Å². The average Bonchev–Trinajstić information content (AvgIpc) is 3.87. The van der Waals surface area contributed by atoms with E-state index in [9.17, 15) is 13.2 Å². The molecule has 0 N–H and O–H groups in total. The van der Waals surface area contributed by atoms with E-state index in [-0.39, 0.29) is 0 Å². The minimum atomic E-state index is -4.37. The van der Waals surface area contributed by atoms with Crippen LogP contribution in [0, 0.1) is 6.92 Å². The van der Waals surface area contributed by atoms with Crippen LogP contribution in [0.5, 0.6) is 0 Å². The van der Waals surface area contributed by atoms with Gasteiger partial charge in [0.1, 0.15) is 0 Å². The zero-order chi connectivity index (χ0) is 35.2. The minimum absolute atomic E-state index is 0.559. The van der Waals surface area contributed by atoms with Crippen LogP contribution < -0.4 is 9.80 Å². The maximum absolute atomic E-state index is 13.7. The standard InChI is InChI=1S/C47H35F3N2/c1-30-16-20-43-31(26-30)23-25-52(43)44-29-41-45(38-15-9-8-14-37(38)44)39-19-18-36(51-24-22-32-27-35(47(48,49)50)17-21-42(32)51)28-40(39)46(41,33-10-4-2-5-11-33)34-12-6-3-7-13-34/h2-21,26-29H,22-25H2,1H3. The molecule has 0 saturated carbocycles. The first-order valence-electron chi connectivity index (χ1n) is 18.0. The summed E-state index contributed by atoms with van der Waals surface area (Å²) in [5.41, 5.74) is 13.6. The summed E-state index contributed by atoms with van der Waals surface area (Å²) in [4.78, 5) is 4.69. The van der Waals surface area contributed by atoms with Crippen LogP contribution in [0.2, 0.25) is 0 Å². The molecule has 52 heavy (non-hydrogen) atoms. The molecule has 0 spiro atoms. The molecule has 2 nitrogen and oxygen atoms in total. The molecule has 2 aliphatic heterocycles. The molecule has 0 bridgehead atoms. The van der Waals surface area contributed by atoms with E-state index < -0.39 is 17.2 Å². The summed E-state index contributed by atoms with van der Waals surface area (Å²) in [6.07, 6.45) is -2.81. The fourth-order valence-corrected chi connectivity index (χ4v) is 9.33. The third kappa shape index (κ3) is 4.44. The number of hydrogen-bond donors (Lipinski definition) is 0. The van der Waals surface area contributed by atoms with Gasteiger partial charge in [-0.25, -0.2) is 0 Å². The molecule has 7 aromatic carbocycles. The SMILES string of the molecule is Cc1ccc2c(c1)CCN2c1cc2c(c3ccccc13)-c1ccc(N3CCc4cc(C(F)(F)F)ccc43)cc1C2(c1ccccc1)c1ccccc1. The lowest BCUT2D eigenvalue weighted by Crippen LogP contribution is -2.29. The summed E-state index contributed by atoms with van der Waals surface area (Å²) in [5, 5.41) is 2.43. The zero-order valence-corrected chi connectivity index (χ0v) is 28.7. The van der Waals surface area contributed by atoms with Gasteiger partial charge in [0.25, 0.3) is 0 Å². The van der Waals surface area contributed by atoms with Gasteiger partial charge in [0.15, 0.2) is 0 Å². The van der Waals surface area contributed by atoms with Crippen molar-refractivity contribution in [3.05, 3.63) is 190 Å². The molecule has 7 aromatic rings. The number of benzene rings is 7. The quantitative estimate of drug-likeness (QED) is 0.182. The molecule has 0 atom stereocenters. The lowest BCUT2D eigenvalue weighted by Gasteiger charge is -2.35. The van der Waals surface area contributed by atoms with Gasteiger partial charge >= 0.3 is 6.18 Å². The molecule has 2 heterocycles. The third-order valence-electron chi connectivity index (χ3n) is 11.6. The molecule has 10 rings (SSSR count). The van der Waals surface area contributed by atoms with Crippen LogP contribution in [-0.4, -0.2) is 13.1 Å². The van der Waals surface area contributed by atoms with Crippen LogP contribution in [0.25, 0.3) is 21.9 Å².